The molecule has 1 aromatic carbocycles. The first-order valence-corrected chi connectivity index (χ1v) is 8.67. The molecule has 0 unspecified atom stereocenters. The molecule has 0 atom stereocenters. The van der Waals surface area contributed by atoms with E-state index in [4.69, 9.17) is 15.4 Å². The molecule has 5 heteroatoms. The number of nitrogens with zero attached hydrogens (tertiary/aromatic N) is 1. The summed E-state index contributed by atoms with van der Waals surface area (Å²) in [6.45, 7) is 10.4. The van der Waals surface area contributed by atoms with Gasteiger partial charge in [0.15, 0.2) is 0 Å². The van der Waals surface area contributed by atoms with Gasteiger partial charge >= 0.3 is 0 Å². The molecule has 98 valence electrons. The highest BCUT2D eigenvalue weighted by molar-refractivity contribution is 6.74. The Kier molecular flexibility index (Phi) is 3.72. The predicted molar refractivity (Wildman–Crippen MR) is 73.4 cm³/mol. The standard InChI is InChI=1S/C13H19FN2OSi/c1-13(2,3)18(4,5)17-12-7-11(16)10(14)6-9(12)8-15/h6-7H,16H2,1-5H3. The molecule has 0 spiro atoms. The number of nitrogens with two attached hydrogens (primary N) is 1. The summed E-state index contributed by atoms with van der Waals surface area (Å²) in [5.41, 5.74) is 5.71. The molecule has 0 aliphatic heterocycles. The van der Waals surface area contributed by atoms with Gasteiger partial charge in [0.2, 0.25) is 0 Å². The molecule has 1 rings (SSSR count). The lowest BCUT2D eigenvalue weighted by Gasteiger charge is -2.36. The molecule has 0 saturated heterocycles. The molecule has 0 fully saturated rings. The van der Waals surface area contributed by atoms with Gasteiger partial charge in [-0.25, -0.2) is 4.39 Å². The number of anilines is 1. The lowest BCUT2D eigenvalue weighted by molar-refractivity contribution is 0.489. The van der Waals surface area contributed by atoms with Crippen LogP contribution in [-0.4, -0.2) is 8.32 Å². The van der Waals surface area contributed by atoms with Crippen LogP contribution >= 0.6 is 0 Å². The van der Waals surface area contributed by atoms with Gasteiger partial charge in [-0.05, 0) is 24.2 Å². The van der Waals surface area contributed by atoms with Crippen molar-refractivity contribution in [3.8, 4) is 11.8 Å². The van der Waals surface area contributed by atoms with Gasteiger partial charge in [-0.3, -0.25) is 0 Å². The van der Waals surface area contributed by atoms with Crippen LogP contribution < -0.4 is 10.2 Å². The molecule has 0 heterocycles. The van der Waals surface area contributed by atoms with Crippen molar-refractivity contribution in [2.75, 3.05) is 5.73 Å². The Morgan fingerprint density at radius 3 is 2.33 bits per heavy atom. The fraction of sp³-hybridized carbons (Fsp3) is 0.462. The van der Waals surface area contributed by atoms with Crippen molar-refractivity contribution in [3.63, 3.8) is 0 Å². The molecule has 0 radical (unpaired) electrons. The molecule has 0 aromatic heterocycles. The van der Waals surface area contributed by atoms with Gasteiger partial charge in [-0.2, -0.15) is 5.26 Å². The van der Waals surface area contributed by atoms with Crippen LogP contribution in [0.4, 0.5) is 10.1 Å². The van der Waals surface area contributed by atoms with Crippen LogP contribution in [0, 0.1) is 17.1 Å². The molecule has 2 N–H and O–H groups in total. The second kappa shape index (κ2) is 4.62. The Bertz CT molecular complexity index is 501. The van der Waals surface area contributed by atoms with E-state index in [1.54, 1.807) is 0 Å². The molecule has 0 amide bonds. The van der Waals surface area contributed by atoms with Crippen LogP contribution in [-0.2, 0) is 0 Å². The molecule has 3 nitrogen and oxygen atoms in total. The SMILES string of the molecule is CC(C)(C)[Si](C)(C)Oc1cc(N)c(F)cc1C#N. The number of rotatable bonds is 2. The smallest absolute Gasteiger partial charge is 0.250 e. The summed E-state index contributed by atoms with van der Waals surface area (Å²) < 4.78 is 19.3. The van der Waals surface area contributed by atoms with E-state index in [0.717, 1.165) is 6.07 Å². The van der Waals surface area contributed by atoms with Crippen LogP contribution in [0.3, 0.4) is 0 Å². The molecule has 1 aromatic rings. The minimum Gasteiger partial charge on any atom is -0.543 e. The Morgan fingerprint density at radius 1 is 1.33 bits per heavy atom. The van der Waals surface area contributed by atoms with Crippen molar-refractivity contribution in [1.29, 1.82) is 5.26 Å². The zero-order chi connectivity index (χ0) is 14.1. The summed E-state index contributed by atoms with van der Waals surface area (Å²) in [6, 6.07) is 4.46. The Labute approximate surface area is 109 Å². The average molecular weight is 266 g/mol. The summed E-state index contributed by atoms with van der Waals surface area (Å²) >= 11 is 0. The van der Waals surface area contributed by atoms with Crippen LogP contribution in [0.25, 0.3) is 0 Å². The fourth-order valence-corrected chi connectivity index (χ4v) is 2.19. The van der Waals surface area contributed by atoms with Crippen LogP contribution in [0.1, 0.15) is 26.3 Å². The summed E-state index contributed by atoms with van der Waals surface area (Å²) in [7, 11) is -2.06. The van der Waals surface area contributed by atoms with E-state index in [2.05, 4.69) is 33.9 Å². The van der Waals surface area contributed by atoms with Crippen molar-refractivity contribution < 1.29 is 8.82 Å². The largest absolute Gasteiger partial charge is 0.543 e. The second-order valence-corrected chi connectivity index (χ2v) is 10.6. The van der Waals surface area contributed by atoms with Crippen LogP contribution in [0.2, 0.25) is 18.1 Å². The quantitative estimate of drug-likeness (QED) is 0.656. The molecular weight excluding hydrogens is 247 g/mol. The monoisotopic (exact) mass is 266 g/mol. The topological polar surface area (TPSA) is 59.0 Å². The number of hydrogen-bond acceptors (Lipinski definition) is 3. The lowest BCUT2D eigenvalue weighted by atomic mass is 10.2. The third-order valence-electron chi connectivity index (χ3n) is 3.39. The van der Waals surface area contributed by atoms with Crippen LogP contribution in [0.15, 0.2) is 12.1 Å². The highest BCUT2D eigenvalue weighted by Crippen LogP contribution is 2.38. The van der Waals surface area contributed by atoms with E-state index >= 15 is 0 Å². The zero-order valence-corrected chi connectivity index (χ0v) is 12.5. The molecular formula is C13H19FN2OSi. The first kappa shape index (κ1) is 14.5. The summed E-state index contributed by atoms with van der Waals surface area (Å²) in [5, 5.41) is 9.01. The minimum atomic E-state index is -2.06. The van der Waals surface area contributed by atoms with Crippen molar-refractivity contribution in [2.24, 2.45) is 0 Å². The first-order chi connectivity index (χ1) is 8.08. The lowest BCUT2D eigenvalue weighted by Crippen LogP contribution is -2.44. The fourth-order valence-electron chi connectivity index (χ4n) is 1.17. The number of halogens is 1. The van der Waals surface area contributed by atoms with Gasteiger partial charge in [-0.1, -0.05) is 20.8 Å². The van der Waals surface area contributed by atoms with Gasteiger partial charge in [0, 0.05) is 6.07 Å². The van der Waals surface area contributed by atoms with Crippen LogP contribution in [0.5, 0.6) is 5.75 Å². The number of hydrogen-bond donors (Lipinski definition) is 1. The number of nitriles is 1. The average Bonchev–Trinajstić information content (AvgIpc) is 2.21. The third-order valence-corrected chi connectivity index (χ3v) is 7.73. The highest BCUT2D eigenvalue weighted by atomic mass is 28.4. The second-order valence-electron chi connectivity index (χ2n) is 5.84. The van der Waals surface area contributed by atoms with Crippen molar-refractivity contribution in [1.82, 2.24) is 0 Å². The molecule has 0 aliphatic rings. The van der Waals surface area contributed by atoms with E-state index in [9.17, 15) is 4.39 Å². The van der Waals surface area contributed by atoms with E-state index in [0.29, 0.717) is 5.75 Å². The molecule has 0 saturated carbocycles. The summed E-state index contributed by atoms with van der Waals surface area (Å²) in [4.78, 5) is 0. The Balaban J connectivity index is 3.21. The maximum atomic E-state index is 13.3. The molecule has 0 bridgehead atoms. The number of benzene rings is 1. The maximum Gasteiger partial charge on any atom is 0.250 e. The van der Waals surface area contributed by atoms with Gasteiger partial charge in [0.25, 0.3) is 8.32 Å². The summed E-state index contributed by atoms with van der Waals surface area (Å²) in [6.07, 6.45) is 0. The van der Waals surface area contributed by atoms with E-state index in [1.165, 1.54) is 6.07 Å². The van der Waals surface area contributed by atoms with Gasteiger partial charge in [0.1, 0.15) is 17.6 Å². The third kappa shape index (κ3) is 2.82. The number of nitrogen functional groups attached to an aromatic ring is 1. The predicted octanol–water partition coefficient (Wildman–Crippen LogP) is 3.66. The van der Waals surface area contributed by atoms with E-state index in [1.807, 2.05) is 6.07 Å². The normalized spacial score (nSPS) is 12.1. The van der Waals surface area contributed by atoms with Gasteiger partial charge < -0.3 is 10.2 Å². The Hall–Kier alpha value is -1.54. The zero-order valence-electron chi connectivity index (χ0n) is 11.5. The molecule has 0 aliphatic carbocycles. The van der Waals surface area contributed by atoms with Gasteiger partial charge in [-0.15, -0.1) is 0 Å². The first-order valence-electron chi connectivity index (χ1n) is 5.76. The van der Waals surface area contributed by atoms with Gasteiger partial charge in [0.05, 0.1) is 11.3 Å². The van der Waals surface area contributed by atoms with E-state index < -0.39 is 14.1 Å². The maximum absolute atomic E-state index is 13.3. The minimum absolute atomic E-state index is 0.00251. The summed E-state index contributed by atoms with van der Waals surface area (Å²) in [5.74, 6) is -0.211. The van der Waals surface area contributed by atoms with Crippen molar-refractivity contribution in [3.05, 3.63) is 23.5 Å². The van der Waals surface area contributed by atoms with E-state index in [-0.39, 0.29) is 16.3 Å². The highest BCUT2D eigenvalue weighted by Gasteiger charge is 2.39. The Morgan fingerprint density at radius 2 is 1.89 bits per heavy atom. The van der Waals surface area contributed by atoms with Crippen molar-refractivity contribution in [2.45, 2.75) is 38.9 Å². The van der Waals surface area contributed by atoms with Crippen molar-refractivity contribution >= 4 is 14.0 Å². The molecule has 18 heavy (non-hydrogen) atoms.